The highest BCUT2D eigenvalue weighted by atomic mass is 35.5. The minimum atomic E-state index is -4.15. The number of anilines is 1. The van der Waals surface area contributed by atoms with Crippen LogP contribution < -0.4 is 9.62 Å². The largest absolute Gasteiger partial charge is 0.352 e. The molecule has 0 fully saturated rings. The summed E-state index contributed by atoms with van der Waals surface area (Å²) in [7, 11) is -4.15. The topological polar surface area (TPSA) is 86.8 Å². The van der Waals surface area contributed by atoms with Crippen LogP contribution in [0.25, 0.3) is 0 Å². The molecular formula is C31H37Cl2N3O4S. The minimum Gasteiger partial charge on any atom is -0.352 e. The van der Waals surface area contributed by atoms with Crippen LogP contribution in [0.5, 0.6) is 0 Å². The van der Waals surface area contributed by atoms with Gasteiger partial charge in [-0.2, -0.15) is 0 Å². The summed E-state index contributed by atoms with van der Waals surface area (Å²) >= 11 is 12.9. The van der Waals surface area contributed by atoms with Crippen molar-refractivity contribution in [2.24, 2.45) is 0 Å². The van der Waals surface area contributed by atoms with Gasteiger partial charge in [0.1, 0.15) is 12.6 Å². The van der Waals surface area contributed by atoms with Crippen LogP contribution in [-0.2, 0) is 26.2 Å². The number of rotatable bonds is 12. The molecule has 0 bridgehead atoms. The Hall–Kier alpha value is -3.07. The van der Waals surface area contributed by atoms with Crippen LogP contribution in [0.3, 0.4) is 0 Å². The molecule has 41 heavy (non-hydrogen) atoms. The first-order valence-electron chi connectivity index (χ1n) is 13.6. The molecule has 2 atom stereocenters. The molecule has 0 spiro atoms. The first kappa shape index (κ1) is 32.4. The van der Waals surface area contributed by atoms with Crippen molar-refractivity contribution >= 4 is 50.7 Å². The standard InChI is InChI=1S/C31H37Cl2N3O4S/c1-6-23(5)34-31(38)29(7-2)35(19-26-27(32)12-9-13-28(26)33)30(37)20-36(24-11-8-10-22(4)18-24)41(39,40)25-16-14-21(3)15-17-25/h8-18,23,29H,6-7,19-20H2,1-5H3,(H,34,38)/t23-,29+/m0/s1. The quantitative estimate of drug-likeness (QED) is 0.250. The molecule has 0 aliphatic carbocycles. The van der Waals surface area contributed by atoms with E-state index in [0.717, 1.165) is 15.4 Å². The maximum Gasteiger partial charge on any atom is 0.264 e. The molecule has 7 nitrogen and oxygen atoms in total. The van der Waals surface area contributed by atoms with Gasteiger partial charge in [-0.1, -0.05) is 72.9 Å². The van der Waals surface area contributed by atoms with Gasteiger partial charge in [0.15, 0.2) is 0 Å². The highest BCUT2D eigenvalue weighted by molar-refractivity contribution is 7.92. The fourth-order valence-corrected chi connectivity index (χ4v) is 6.29. The third kappa shape index (κ3) is 8.03. The predicted octanol–water partition coefficient (Wildman–Crippen LogP) is 6.53. The van der Waals surface area contributed by atoms with Crippen molar-refractivity contribution in [2.75, 3.05) is 10.8 Å². The lowest BCUT2D eigenvalue weighted by Crippen LogP contribution is -2.53. The predicted molar refractivity (Wildman–Crippen MR) is 166 cm³/mol. The summed E-state index contributed by atoms with van der Waals surface area (Å²) < 4.78 is 29.0. The van der Waals surface area contributed by atoms with Gasteiger partial charge in [-0.25, -0.2) is 8.42 Å². The number of amides is 2. The number of nitrogens with zero attached hydrogens (tertiary/aromatic N) is 2. The molecule has 0 heterocycles. The van der Waals surface area contributed by atoms with Crippen molar-refractivity contribution in [3.8, 4) is 0 Å². The van der Waals surface area contributed by atoms with Gasteiger partial charge in [0.25, 0.3) is 10.0 Å². The van der Waals surface area contributed by atoms with Crippen LogP contribution in [0.1, 0.15) is 50.3 Å². The lowest BCUT2D eigenvalue weighted by atomic mass is 10.1. The molecule has 0 aromatic heterocycles. The molecule has 2 amide bonds. The number of carbonyl (C=O) groups excluding carboxylic acids is 2. The molecule has 3 aromatic rings. The zero-order valence-corrected chi connectivity index (χ0v) is 26.4. The Morgan fingerprint density at radius 2 is 1.49 bits per heavy atom. The molecule has 0 unspecified atom stereocenters. The maximum atomic E-state index is 14.2. The van der Waals surface area contributed by atoms with E-state index in [2.05, 4.69) is 5.32 Å². The van der Waals surface area contributed by atoms with E-state index < -0.39 is 28.5 Å². The second kappa shape index (κ2) is 14.2. The molecule has 3 rings (SSSR count). The molecular weight excluding hydrogens is 581 g/mol. The van der Waals surface area contributed by atoms with Crippen molar-refractivity contribution in [3.05, 3.63) is 93.5 Å². The smallest absolute Gasteiger partial charge is 0.264 e. The molecule has 0 aliphatic rings. The van der Waals surface area contributed by atoms with Crippen LogP contribution in [0, 0.1) is 13.8 Å². The van der Waals surface area contributed by atoms with Gasteiger partial charge in [0, 0.05) is 28.2 Å². The SMILES string of the molecule is CC[C@H](C(=O)N[C@@H](C)CC)N(Cc1c(Cl)cccc1Cl)C(=O)CN(c1cccc(C)c1)S(=O)(=O)c1ccc(C)cc1. The van der Waals surface area contributed by atoms with E-state index in [1.807, 2.05) is 33.8 Å². The highest BCUT2D eigenvalue weighted by Gasteiger charge is 2.34. The Labute approximate surface area is 253 Å². The molecule has 0 aliphatic heterocycles. The zero-order chi connectivity index (χ0) is 30.3. The summed E-state index contributed by atoms with van der Waals surface area (Å²) in [4.78, 5) is 29.0. The number of hydrogen-bond acceptors (Lipinski definition) is 4. The summed E-state index contributed by atoms with van der Waals surface area (Å²) in [5.41, 5.74) is 2.55. The average Bonchev–Trinajstić information content (AvgIpc) is 2.93. The van der Waals surface area contributed by atoms with Crippen LogP contribution in [0.15, 0.2) is 71.6 Å². The fourth-order valence-electron chi connectivity index (χ4n) is 4.36. The number of aryl methyl sites for hydroxylation is 2. The number of benzene rings is 3. The molecule has 220 valence electrons. The van der Waals surface area contributed by atoms with Crippen molar-refractivity contribution in [3.63, 3.8) is 0 Å². The van der Waals surface area contributed by atoms with Gasteiger partial charge in [-0.05, 0) is 75.6 Å². The maximum absolute atomic E-state index is 14.2. The number of carbonyl (C=O) groups is 2. The second-order valence-electron chi connectivity index (χ2n) is 10.1. The Bertz CT molecular complexity index is 1460. The van der Waals surface area contributed by atoms with Gasteiger partial charge < -0.3 is 10.2 Å². The van der Waals surface area contributed by atoms with E-state index in [0.29, 0.717) is 34.1 Å². The van der Waals surface area contributed by atoms with Crippen molar-refractivity contribution in [1.82, 2.24) is 10.2 Å². The highest BCUT2D eigenvalue weighted by Crippen LogP contribution is 2.29. The third-order valence-corrected chi connectivity index (χ3v) is 9.45. The summed E-state index contributed by atoms with van der Waals surface area (Å²) in [6, 6.07) is 17.4. The number of nitrogens with one attached hydrogen (secondary N) is 1. The average molecular weight is 619 g/mol. The summed E-state index contributed by atoms with van der Waals surface area (Å²) in [6.07, 6.45) is 1.01. The van der Waals surface area contributed by atoms with E-state index in [-0.39, 0.29) is 23.4 Å². The fraction of sp³-hybridized carbons (Fsp3) is 0.355. The van der Waals surface area contributed by atoms with Gasteiger partial charge in [0.05, 0.1) is 10.6 Å². The Kier molecular flexibility index (Phi) is 11.2. The van der Waals surface area contributed by atoms with Crippen LogP contribution in [-0.4, -0.2) is 43.8 Å². The van der Waals surface area contributed by atoms with E-state index in [9.17, 15) is 18.0 Å². The number of halogens is 2. The van der Waals surface area contributed by atoms with Crippen molar-refractivity contribution in [2.45, 2.75) is 71.0 Å². The summed E-state index contributed by atoms with van der Waals surface area (Å²) in [5, 5.41) is 3.64. The van der Waals surface area contributed by atoms with Crippen molar-refractivity contribution in [1.29, 1.82) is 0 Å². The molecule has 0 saturated carbocycles. The molecule has 1 N–H and O–H groups in total. The van der Waals surface area contributed by atoms with E-state index in [4.69, 9.17) is 23.2 Å². The second-order valence-corrected chi connectivity index (χ2v) is 12.8. The summed E-state index contributed by atoms with van der Waals surface area (Å²) in [5.74, 6) is -0.897. The molecule has 0 saturated heterocycles. The van der Waals surface area contributed by atoms with Crippen LogP contribution >= 0.6 is 23.2 Å². The molecule has 10 heteroatoms. The zero-order valence-electron chi connectivity index (χ0n) is 24.0. The number of sulfonamides is 1. The normalized spacial score (nSPS) is 12.9. The number of hydrogen-bond donors (Lipinski definition) is 1. The van der Waals surface area contributed by atoms with Crippen molar-refractivity contribution < 1.29 is 18.0 Å². The van der Waals surface area contributed by atoms with E-state index in [1.54, 1.807) is 55.5 Å². The van der Waals surface area contributed by atoms with Gasteiger partial charge in [-0.15, -0.1) is 0 Å². The van der Waals surface area contributed by atoms with E-state index >= 15 is 0 Å². The third-order valence-electron chi connectivity index (χ3n) is 6.95. The Balaban J connectivity index is 2.10. The molecule has 3 aromatic carbocycles. The summed E-state index contributed by atoms with van der Waals surface area (Å²) in [6.45, 7) is 8.75. The van der Waals surface area contributed by atoms with E-state index in [1.165, 1.54) is 17.0 Å². The Morgan fingerprint density at radius 1 is 0.878 bits per heavy atom. The molecule has 0 radical (unpaired) electrons. The minimum absolute atomic E-state index is 0.0552. The van der Waals surface area contributed by atoms with Gasteiger partial charge in [-0.3, -0.25) is 13.9 Å². The van der Waals surface area contributed by atoms with Crippen LogP contribution in [0.4, 0.5) is 5.69 Å². The lowest BCUT2D eigenvalue weighted by Gasteiger charge is -2.34. The van der Waals surface area contributed by atoms with Crippen LogP contribution in [0.2, 0.25) is 10.0 Å². The first-order valence-corrected chi connectivity index (χ1v) is 15.8. The first-order chi connectivity index (χ1) is 19.4. The Morgan fingerprint density at radius 3 is 2.05 bits per heavy atom. The van der Waals surface area contributed by atoms with Gasteiger partial charge >= 0.3 is 0 Å². The lowest BCUT2D eigenvalue weighted by molar-refractivity contribution is -0.140. The monoisotopic (exact) mass is 617 g/mol. The van der Waals surface area contributed by atoms with Gasteiger partial charge in [0.2, 0.25) is 11.8 Å².